The van der Waals surface area contributed by atoms with Gasteiger partial charge in [-0.2, -0.15) is 0 Å². The Balaban J connectivity index is 1.94. The summed E-state index contributed by atoms with van der Waals surface area (Å²) in [7, 11) is 0. The molecule has 23 heavy (non-hydrogen) atoms. The largest absolute Gasteiger partial charge is 0.367 e. The van der Waals surface area contributed by atoms with E-state index in [2.05, 4.69) is 81.4 Å². The van der Waals surface area contributed by atoms with E-state index in [0.717, 1.165) is 13.0 Å². The zero-order valence-electron chi connectivity index (χ0n) is 14.1. The molecule has 0 amide bonds. The van der Waals surface area contributed by atoms with Crippen molar-refractivity contribution in [3.8, 4) is 0 Å². The van der Waals surface area contributed by atoms with Crippen molar-refractivity contribution in [2.24, 2.45) is 5.41 Å². The van der Waals surface area contributed by atoms with Crippen LogP contribution in [0.1, 0.15) is 38.3 Å². The van der Waals surface area contributed by atoms with E-state index in [1.54, 1.807) is 0 Å². The Morgan fingerprint density at radius 1 is 0.870 bits per heavy atom. The van der Waals surface area contributed by atoms with Crippen LogP contribution >= 0.6 is 0 Å². The number of benzene rings is 2. The Morgan fingerprint density at radius 3 is 2.04 bits per heavy atom. The molecule has 2 heterocycles. The van der Waals surface area contributed by atoms with E-state index < -0.39 is 5.60 Å². The summed E-state index contributed by atoms with van der Waals surface area (Å²) >= 11 is 0. The minimum Gasteiger partial charge on any atom is -0.367 e. The number of ether oxygens (including phenoxy) is 2. The smallest absolute Gasteiger partial charge is 0.127 e. The summed E-state index contributed by atoms with van der Waals surface area (Å²) in [6, 6.07) is 21.2. The number of hydrogen-bond acceptors (Lipinski definition) is 2. The van der Waals surface area contributed by atoms with Crippen LogP contribution in [0.4, 0.5) is 0 Å². The number of rotatable bonds is 2. The molecule has 0 saturated carbocycles. The molecule has 2 nitrogen and oxygen atoms in total. The van der Waals surface area contributed by atoms with Gasteiger partial charge in [0.1, 0.15) is 11.2 Å². The summed E-state index contributed by atoms with van der Waals surface area (Å²) in [5.74, 6) is 0. The third-order valence-corrected chi connectivity index (χ3v) is 6.12. The molecule has 2 bridgehead atoms. The molecule has 4 rings (SSSR count). The van der Waals surface area contributed by atoms with Gasteiger partial charge in [0.15, 0.2) is 0 Å². The van der Waals surface area contributed by atoms with Crippen LogP contribution in [0.5, 0.6) is 0 Å². The lowest BCUT2D eigenvalue weighted by Crippen LogP contribution is -2.56. The molecule has 2 heteroatoms. The van der Waals surface area contributed by atoms with Crippen LogP contribution in [-0.2, 0) is 20.7 Å². The number of fused-ring (bicyclic) bond motifs is 2. The van der Waals surface area contributed by atoms with Gasteiger partial charge in [0, 0.05) is 11.8 Å². The lowest BCUT2D eigenvalue weighted by Gasteiger charge is -2.52. The quantitative estimate of drug-likeness (QED) is 0.804. The zero-order valence-corrected chi connectivity index (χ0v) is 14.1. The molecule has 0 spiro atoms. The average molecular weight is 308 g/mol. The molecule has 2 aliphatic heterocycles. The fourth-order valence-corrected chi connectivity index (χ4v) is 5.01. The van der Waals surface area contributed by atoms with Crippen molar-refractivity contribution in [1.29, 1.82) is 0 Å². The summed E-state index contributed by atoms with van der Waals surface area (Å²) in [6.45, 7) is 7.48. The van der Waals surface area contributed by atoms with Crippen LogP contribution in [0.2, 0.25) is 0 Å². The summed E-state index contributed by atoms with van der Waals surface area (Å²) in [6.07, 6.45) is 0.894. The van der Waals surface area contributed by atoms with Crippen LogP contribution in [-0.4, -0.2) is 12.7 Å². The summed E-state index contributed by atoms with van der Waals surface area (Å²) in [4.78, 5) is 0. The van der Waals surface area contributed by atoms with Gasteiger partial charge in [-0.1, -0.05) is 74.5 Å². The molecular formula is C21H24O2. The standard InChI is InChI=1S/C21H24O2/c1-16-21(18-12-8-5-9-13-18)19(2,3)20(23-16,14-15-22-21)17-10-6-4-7-11-17/h4-13,16H,14-15H2,1-3H3/t16-,20+,21+/m1/s1. The first kappa shape index (κ1) is 14.9. The van der Waals surface area contributed by atoms with Crippen molar-refractivity contribution in [2.75, 3.05) is 6.61 Å². The van der Waals surface area contributed by atoms with Crippen molar-refractivity contribution in [1.82, 2.24) is 0 Å². The summed E-state index contributed by atoms with van der Waals surface area (Å²) < 4.78 is 13.2. The summed E-state index contributed by atoms with van der Waals surface area (Å²) in [5.41, 5.74) is 1.60. The Labute approximate surface area is 138 Å². The molecule has 2 aliphatic rings. The van der Waals surface area contributed by atoms with Gasteiger partial charge in [-0.05, 0) is 18.1 Å². The topological polar surface area (TPSA) is 18.5 Å². The first-order valence-corrected chi connectivity index (χ1v) is 8.47. The van der Waals surface area contributed by atoms with Gasteiger partial charge >= 0.3 is 0 Å². The van der Waals surface area contributed by atoms with Gasteiger partial charge in [-0.15, -0.1) is 0 Å². The van der Waals surface area contributed by atoms with Crippen molar-refractivity contribution >= 4 is 0 Å². The Kier molecular flexibility index (Phi) is 3.20. The molecule has 0 aliphatic carbocycles. The molecule has 0 N–H and O–H groups in total. The highest BCUT2D eigenvalue weighted by Gasteiger charge is 2.71. The number of hydrogen-bond donors (Lipinski definition) is 0. The third-order valence-electron chi connectivity index (χ3n) is 6.12. The van der Waals surface area contributed by atoms with E-state index in [-0.39, 0.29) is 17.1 Å². The summed E-state index contributed by atoms with van der Waals surface area (Å²) in [5, 5.41) is 0. The maximum Gasteiger partial charge on any atom is 0.127 e. The molecule has 2 fully saturated rings. The van der Waals surface area contributed by atoms with Gasteiger partial charge in [0.25, 0.3) is 0 Å². The second kappa shape index (κ2) is 4.93. The Morgan fingerprint density at radius 2 is 1.43 bits per heavy atom. The van der Waals surface area contributed by atoms with E-state index in [0.29, 0.717) is 0 Å². The molecule has 0 radical (unpaired) electrons. The fourth-order valence-electron chi connectivity index (χ4n) is 5.01. The van der Waals surface area contributed by atoms with E-state index >= 15 is 0 Å². The maximum absolute atomic E-state index is 6.71. The van der Waals surface area contributed by atoms with Crippen LogP contribution in [0, 0.1) is 5.41 Å². The van der Waals surface area contributed by atoms with Crippen molar-refractivity contribution in [3.63, 3.8) is 0 Å². The normalized spacial score (nSPS) is 35.2. The average Bonchev–Trinajstić information content (AvgIpc) is 2.69. The molecule has 0 aromatic heterocycles. The van der Waals surface area contributed by atoms with Gasteiger partial charge < -0.3 is 9.47 Å². The predicted octanol–water partition coefficient (Wildman–Crippen LogP) is 4.64. The van der Waals surface area contributed by atoms with E-state index in [4.69, 9.17) is 9.47 Å². The molecule has 2 aromatic carbocycles. The molecule has 2 saturated heterocycles. The lowest BCUT2D eigenvalue weighted by atomic mass is 9.58. The van der Waals surface area contributed by atoms with Gasteiger partial charge in [0.05, 0.1) is 12.7 Å². The van der Waals surface area contributed by atoms with Gasteiger partial charge in [-0.3, -0.25) is 0 Å². The molecular weight excluding hydrogens is 284 g/mol. The molecule has 2 aromatic rings. The zero-order chi connectivity index (χ0) is 16.1. The van der Waals surface area contributed by atoms with E-state index in [1.165, 1.54) is 11.1 Å². The fraction of sp³-hybridized carbons (Fsp3) is 0.429. The second-order valence-electron chi connectivity index (χ2n) is 7.28. The highest BCUT2D eigenvalue weighted by atomic mass is 16.6. The van der Waals surface area contributed by atoms with Crippen molar-refractivity contribution < 1.29 is 9.47 Å². The van der Waals surface area contributed by atoms with Gasteiger partial charge in [-0.25, -0.2) is 0 Å². The molecule has 0 unspecified atom stereocenters. The SMILES string of the molecule is C[C@H]1O[C@]2(c3ccccc3)CCO[C@@]1(c1ccccc1)C2(C)C. The highest BCUT2D eigenvalue weighted by Crippen LogP contribution is 2.67. The first-order valence-electron chi connectivity index (χ1n) is 8.47. The van der Waals surface area contributed by atoms with Gasteiger partial charge in [0.2, 0.25) is 0 Å². The lowest BCUT2D eigenvalue weighted by molar-refractivity contribution is -0.178. The Hall–Kier alpha value is -1.64. The third kappa shape index (κ3) is 1.71. The van der Waals surface area contributed by atoms with Crippen LogP contribution < -0.4 is 0 Å². The van der Waals surface area contributed by atoms with E-state index in [1.807, 2.05) is 0 Å². The highest BCUT2D eigenvalue weighted by molar-refractivity contribution is 5.38. The van der Waals surface area contributed by atoms with Crippen LogP contribution in [0.15, 0.2) is 60.7 Å². The predicted molar refractivity (Wildman–Crippen MR) is 91.1 cm³/mol. The van der Waals surface area contributed by atoms with Crippen LogP contribution in [0.25, 0.3) is 0 Å². The first-order chi connectivity index (χ1) is 11.0. The van der Waals surface area contributed by atoms with Crippen molar-refractivity contribution in [2.45, 2.75) is 44.5 Å². The monoisotopic (exact) mass is 308 g/mol. The minimum absolute atomic E-state index is 0.00241. The molecule has 3 atom stereocenters. The van der Waals surface area contributed by atoms with Crippen molar-refractivity contribution in [3.05, 3.63) is 71.8 Å². The van der Waals surface area contributed by atoms with Crippen LogP contribution in [0.3, 0.4) is 0 Å². The second-order valence-corrected chi connectivity index (χ2v) is 7.28. The minimum atomic E-state index is -0.414. The Bertz CT molecular complexity index is 694. The maximum atomic E-state index is 6.71. The van der Waals surface area contributed by atoms with E-state index in [9.17, 15) is 0 Å². The molecule has 120 valence electrons.